The zero-order valence-corrected chi connectivity index (χ0v) is 11.9. The standard InChI is InChI=1S/C10H17NO6S2/c12-10(13)5-9(7-1-2-7)11-19(16,17)8-3-4-18(14,15)6-8/h7-9,11H,1-6H2,(H,12,13). The quantitative estimate of drug-likeness (QED) is 0.673. The van der Waals surface area contributed by atoms with Gasteiger partial charge in [0.1, 0.15) is 0 Å². The van der Waals surface area contributed by atoms with Gasteiger partial charge in [0.2, 0.25) is 10.0 Å². The van der Waals surface area contributed by atoms with E-state index in [0.717, 1.165) is 12.8 Å². The van der Waals surface area contributed by atoms with Gasteiger partial charge in [0.25, 0.3) is 0 Å². The van der Waals surface area contributed by atoms with Crippen molar-refractivity contribution in [3.05, 3.63) is 0 Å². The van der Waals surface area contributed by atoms with Gasteiger partial charge in [-0.15, -0.1) is 0 Å². The topological polar surface area (TPSA) is 118 Å². The van der Waals surface area contributed by atoms with Crippen molar-refractivity contribution < 1.29 is 26.7 Å². The highest BCUT2D eigenvalue weighted by Gasteiger charge is 2.41. The van der Waals surface area contributed by atoms with Crippen LogP contribution in [0.4, 0.5) is 0 Å². The molecule has 7 nitrogen and oxygen atoms in total. The summed E-state index contributed by atoms with van der Waals surface area (Å²) >= 11 is 0. The Labute approximate surface area is 112 Å². The summed E-state index contributed by atoms with van der Waals surface area (Å²) in [6.07, 6.45) is 1.44. The molecule has 1 heterocycles. The number of aliphatic carboxylic acids is 1. The predicted molar refractivity (Wildman–Crippen MR) is 67.9 cm³/mol. The zero-order chi connectivity index (χ0) is 14.3. The van der Waals surface area contributed by atoms with E-state index in [1.807, 2.05) is 0 Å². The molecule has 9 heteroatoms. The van der Waals surface area contributed by atoms with Crippen LogP contribution in [0.3, 0.4) is 0 Å². The summed E-state index contributed by atoms with van der Waals surface area (Å²) in [7, 11) is -7.05. The van der Waals surface area contributed by atoms with Crippen LogP contribution in [0.5, 0.6) is 0 Å². The Morgan fingerprint density at radius 1 is 1.32 bits per heavy atom. The van der Waals surface area contributed by atoms with Crippen LogP contribution in [-0.4, -0.2) is 50.7 Å². The number of nitrogens with one attached hydrogen (secondary N) is 1. The van der Waals surface area contributed by atoms with E-state index < -0.39 is 37.1 Å². The monoisotopic (exact) mass is 311 g/mol. The van der Waals surface area contributed by atoms with Crippen molar-refractivity contribution in [2.75, 3.05) is 11.5 Å². The smallest absolute Gasteiger partial charge is 0.304 e. The maximum absolute atomic E-state index is 12.1. The molecule has 2 unspecified atom stereocenters. The molecular formula is C10H17NO6S2. The van der Waals surface area contributed by atoms with Crippen molar-refractivity contribution in [3.8, 4) is 0 Å². The van der Waals surface area contributed by atoms with Crippen molar-refractivity contribution in [1.82, 2.24) is 4.72 Å². The van der Waals surface area contributed by atoms with Crippen molar-refractivity contribution in [1.29, 1.82) is 0 Å². The van der Waals surface area contributed by atoms with E-state index >= 15 is 0 Å². The van der Waals surface area contributed by atoms with Crippen LogP contribution in [-0.2, 0) is 24.7 Å². The van der Waals surface area contributed by atoms with Gasteiger partial charge in [0.15, 0.2) is 9.84 Å². The molecule has 2 fully saturated rings. The van der Waals surface area contributed by atoms with Gasteiger partial charge in [-0.05, 0) is 25.2 Å². The van der Waals surface area contributed by atoms with Gasteiger partial charge < -0.3 is 5.11 Å². The second kappa shape index (κ2) is 5.02. The molecule has 2 N–H and O–H groups in total. The van der Waals surface area contributed by atoms with Gasteiger partial charge in [0, 0.05) is 6.04 Å². The number of carboxylic acids is 1. The molecular weight excluding hydrogens is 294 g/mol. The SMILES string of the molecule is O=C(O)CC(NS(=O)(=O)C1CCS(=O)(=O)C1)C1CC1. The summed E-state index contributed by atoms with van der Waals surface area (Å²) in [5.74, 6) is -1.49. The third kappa shape index (κ3) is 3.90. The second-order valence-corrected chi connectivity index (χ2v) is 9.45. The van der Waals surface area contributed by atoms with E-state index in [9.17, 15) is 21.6 Å². The first-order chi connectivity index (χ1) is 8.70. The minimum Gasteiger partial charge on any atom is -0.481 e. The summed E-state index contributed by atoms with van der Waals surface area (Å²) < 4.78 is 49.2. The average molecular weight is 311 g/mol. The fourth-order valence-corrected chi connectivity index (χ4v) is 6.65. The van der Waals surface area contributed by atoms with E-state index in [1.165, 1.54) is 0 Å². The molecule has 19 heavy (non-hydrogen) atoms. The first-order valence-corrected chi connectivity index (χ1v) is 9.50. The Bertz CT molecular complexity index is 563. The summed E-state index contributed by atoms with van der Waals surface area (Å²) in [6, 6.07) is -0.620. The summed E-state index contributed by atoms with van der Waals surface area (Å²) in [4.78, 5) is 10.7. The van der Waals surface area contributed by atoms with E-state index in [2.05, 4.69) is 4.72 Å². The number of carbonyl (C=O) groups is 1. The van der Waals surface area contributed by atoms with Gasteiger partial charge >= 0.3 is 5.97 Å². The van der Waals surface area contributed by atoms with Gasteiger partial charge in [-0.3, -0.25) is 4.79 Å². The first kappa shape index (κ1) is 14.7. The fourth-order valence-electron chi connectivity index (χ4n) is 2.30. The molecule has 0 aromatic heterocycles. The second-order valence-electron chi connectivity index (χ2n) is 5.23. The molecule has 1 saturated carbocycles. The van der Waals surface area contributed by atoms with Gasteiger partial charge in [-0.2, -0.15) is 0 Å². The molecule has 0 amide bonds. The fraction of sp³-hybridized carbons (Fsp3) is 0.900. The Morgan fingerprint density at radius 3 is 2.37 bits per heavy atom. The maximum atomic E-state index is 12.1. The lowest BCUT2D eigenvalue weighted by Crippen LogP contribution is -2.43. The highest BCUT2D eigenvalue weighted by atomic mass is 32.2. The molecule has 2 aliphatic rings. The van der Waals surface area contributed by atoms with Crippen molar-refractivity contribution in [3.63, 3.8) is 0 Å². The average Bonchev–Trinajstić information content (AvgIpc) is 3.01. The molecule has 0 aromatic rings. The Kier molecular flexibility index (Phi) is 3.90. The highest BCUT2D eigenvalue weighted by Crippen LogP contribution is 2.35. The summed E-state index contributed by atoms with van der Waals surface area (Å²) in [5, 5.41) is 7.82. The van der Waals surface area contributed by atoms with Crippen LogP contribution in [0.25, 0.3) is 0 Å². The molecule has 0 radical (unpaired) electrons. The normalized spacial score (nSPS) is 28.1. The number of hydrogen-bond acceptors (Lipinski definition) is 5. The Hall–Kier alpha value is -0.670. The number of carboxylic acid groups (broad SMARTS) is 1. The molecule has 1 aliphatic heterocycles. The Balaban J connectivity index is 2.05. The highest BCUT2D eigenvalue weighted by molar-refractivity contribution is 7.95. The largest absolute Gasteiger partial charge is 0.481 e. The predicted octanol–water partition coefficient (Wildman–Crippen LogP) is -0.654. The van der Waals surface area contributed by atoms with Crippen LogP contribution in [0, 0.1) is 5.92 Å². The van der Waals surface area contributed by atoms with Crippen LogP contribution in [0.2, 0.25) is 0 Å². The molecule has 2 rings (SSSR count). The number of rotatable bonds is 6. The molecule has 1 aliphatic carbocycles. The van der Waals surface area contributed by atoms with Crippen LogP contribution in [0.1, 0.15) is 25.7 Å². The van der Waals surface area contributed by atoms with Crippen LogP contribution in [0.15, 0.2) is 0 Å². The van der Waals surface area contributed by atoms with Crippen LogP contribution >= 0.6 is 0 Å². The Morgan fingerprint density at radius 2 is 1.95 bits per heavy atom. The molecule has 0 spiro atoms. The molecule has 2 atom stereocenters. The minimum atomic E-state index is -3.77. The summed E-state index contributed by atoms with van der Waals surface area (Å²) in [5.41, 5.74) is 0. The number of hydrogen-bond donors (Lipinski definition) is 2. The maximum Gasteiger partial charge on any atom is 0.304 e. The van der Waals surface area contributed by atoms with Crippen molar-refractivity contribution in [2.24, 2.45) is 5.92 Å². The van der Waals surface area contributed by atoms with Crippen LogP contribution < -0.4 is 4.72 Å². The zero-order valence-electron chi connectivity index (χ0n) is 10.3. The molecule has 0 bridgehead atoms. The van der Waals surface area contributed by atoms with Gasteiger partial charge in [0.05, 0.1) is 23.2 Å². The number of sulfone groups is 1. The van der Waals surface area contributed by atoms with E-state index in [4.69, 9.17) is 5.11 Å². The molecule has 110 valence electrons. The van der Waals surface area contributed by atoms with E-state index in [0.29, 0.717) is 0 Å². The third-order valence-corrected chi connectivity index (χ3v) is 7.42. The van der Waals surface area contributed by atoms with Gasteiger partial charge in [-0.25, -0.2) is 21.6 Å². The lowest BCUT2D eigenvalue weighted by Gasteiger charge is -2.19. The molecule has 1 saturated heterocycles. The van der Waals surface area contributed by atoms with Crippen molar-refractivity contribution >= 4 is 25.8 Å². The first-order valence-electron chi connectivity index (χ1n) is 6.13. The lowest BCUT2D eigenvalue weighted by molar-refractivity contribution is -0.137. The van der Waals surface area contributed by atoms with Gasteiger partial charge in [-0.1, -0.05) is 0 Å². The van der Waals surface area contributed by atoms with Crippen molar-refractivity contribution in [2.45, 2.75) is 37.0 Å². The summed E-state index contributed by atoms with van der Waals surface area (Å²) in [6.45, 7) is 0. The lowest BCUT2D eigenvalue weighted by atomic mass is 10.1. The van der Waals surface area contributed by atoms with E-state index in [1.54, 1.807) is 0 Å². The van der Waals surface area contributed by atoms with E-state index in [-0.39, 0.29) is 30.3 Å². The molecule has 0 aromatic carbocycles. The third-order valence-electron chi connectivity index (χ3n) is 3.53. The minimum absolute atomic E-state index is 0.0592. The number of sulfonamides is 1.